The molecular weight excluding hydrogens is 493 g/mol. The number of benzene rings is 3. The predicted molar refractivity (Wildman–Crippen MR) is 143 cm³/mol. The quantitative estimate of drug-likeness (QED) is 0.414. The van der Waals surface area contributed by atoms with Crippen molar-refractivity contribution in [3.05, 3.63) is 101 Å². The first-order valence-electron chi connectivity index (χ1n) is 12.0. The largest absolute Gasteiger partial charge is 0.355 e. The van der Waals surface area contributed by atoms with Crippen molar-refractivity contribution in [2.45, 2.75) is 32.9 Å². The first-order chi connectivity index (χ1) is 17.6. The summed E-state index contributed by atoms with van der Waals surface area (Å²) in [5.74, 6) is -1.75. The number of aryl methyl sites for hydroxylation is 1. The number of rotatable bonds is 11. The third kappa shape index (κ3) is 7.63. The highest BCUT2D eigenvalue weighted by atomic mass is 32.2. The molecule has 0 fully saturated rings. The molecule has 1 atom stereocenters. The van der Waals surface area contributed by atoms with Crippen LogP contribution in [0.4, 0.5) is 10.1 Å². The van der Waals surface area contributed by atoms with Gasteiger partial charge in [0.1, 0.15) is 18.4 Å². The van der Waals surface area contributed by atoms with Gasteiger partial charge in [0.2, 0.25) is 21.8 Å². The van der Waals surface area contributed by atoms with Gasteiger partial charge in [-0.1, -0.05) is 72.3 Å². The zero-order chi connectivity index (χ0) is 27.0. The Morgan fingerprint density at radius 3 is 2.14 bits per heavy atom. The highest BCUT2D eigenvalue weighted by molar-refractivity contribution is 7.92. The van der Waals surface area contributed by atoms with Crippen LogP contribution >= 0.6 is 0 Å². The summed E-state index contributed by atoms with van der Waals surface area (Å²) in [6.07, 6.45) is 1.14. The van der Waals surface area contributed by atoms with E-state index in [0.717, 1.165) is 33.3 Å². The van der Waals surface area contributed by atoms with E-state index in [2.05, 4.69) is 5.32 Å². The Morgan fingerprint density at radius 2 is 1.54 bits per heavy atom. The van der Waals surface area contributed by atoms with E-state index in [-0.39, 0.29) is 24.6 Å². The number of anilines is 1. The van der Waals surface area contributed by atoms with E-state index in [1.165, 1.54) is 23.1 Å². The number of amides is 2. The molecule has 0 radical (unpaired) electrons. The molecule has 0 aliphatic rings. The minimum Gasteiger partial charge on any atom is -0.355 e. The van der Waals surface area contributed by atoms with E-state index in [4.69, 9.17) is 0 Å². The molecule has 0 saturated carbocycles. The maximum atomic E-state index is 14.6. The molecule has 0 aliphatic carbocycles. The molecule has 196 valence electrons. The maximum Gasteiger partial charge on any atom is 0.244 e. The van der Waals surface area contributed by atoms with Crippen LogP contribution in [0.15, 0.2) is 78.9 Å². The first kappa shape index (κ1) is 27.9. The molecule has 37 heavy (non-hydrogen) atoms. The summed E-state index contributed by atoms with van der Waals surface area (Å²) < 4.78 is 40.6. The topological polar surface area (TPSA) is 86.8 Å². The van der Waals surface area contributed by atoms with Gasteiger partial charge in [0.25, 0.3) is 0 Å². The van der Waals surface area contributed by atoms with Crippen LogP contribution in [0, 0.1) is 12.7 Å². The molecule has 0 aliphatic heterocycles. The van der Waals surface area contributed by atoms with Crippen molar-refractivity contribution in [1.82, 2.24) is 10.2 Å². The van der Waals surface area contributed by atoms with Gasteiger partial charge in [-0.05, 0) is 37.1 Å². The van der Waals surface area contributed by atoms with E-state index in [0.29, 0.717) is 6.54 Å². The van der Waals surface area contributed by atoms with Crippen LogP contribution in [-0.2, 0) is 32.6 Å². The number of nitrogens with zero attached hydrogens (tertiary/aromatic N) is 2. The Labute approximate surface area is 218 Å². The third-order valence-electron chi connectivity index (χ3n) is 5.90. The number of carbonyl (C=O) groups excluding carboxylic acids is 2. The van der Waals surface area contributed by atoms with E-state index >= 15 is 0 Å². The number of likely N-dealkylation sites (N-methyl/N-ethyl adjacent to an activating group) is 1. The van der Waals surface area contributed by atoms with Crippen molar-refractivity contribution in [3.63, 3.8) is 0 Å². The summed E-state index contributed by atoms with van der Waals surface area (Å²) in [7, 11) is -4.02. The van der Waals surface area contributed by atoms with Crippen molar-refractivity contribution in [1.29, 1.82) is 0 Å². The van der Waals surface area contributed by atoms with Crippen LogP contribution in [-0.4, -0.2) is 50.5 Å². The molecule has 0 saturated heterocycles. The molecule has 1 N–H and O–H groups in total. The molecule has 3 rings (SSSR count). The fourth-order valence-electron chi connectivity index (χ4n) is 3.98. The number of nitrogens with one attached hydrogen (secondary N) is 1. The lowest BCUT2D eigenvalue weighted by molar-refractivity contribution is -0.140. The number of sulfonamides is 1. The average Bonchev–Trinajstić information content (AvgIpc) is 2.86. The maximum absolute atomic E-state index is 14.6. The number of carbonyl (C=O) groups is 2. The van der Waals surface area contributed by atoms with Crippen LogP contribution < -0.4 is 9.62 Å². The molecule has 0 bridgehead atoms. The lowest BCUT2D eigenvalue weighted by Crippen LogP contribution is -2.53. The number of para-hydroxylation sites is 1. The van der Waals surface area contributed by atoms with Gasteiger partial charge in [0.05, 0.1) is 11.9 Å². The lowest BCUT2D eigenvalue weighted by Gasteiger charge is -2.33. The van der Waals surface area contributed by atoms with E-state index in [1.54, 1.807) is 6.92 Å². The van der Waals surface area contributed by atoms with Gasteiger partial charge in [-0.3, -0.25) is 13.9 Å². The molecule has 0 heterocycles. The van der Waals surface area contributed by atoms with Crippen LogP contribution in [0.1, 0.15) is 23.6 Å². The second-order valence-electron chi connectivity index (χ2n) is 8.83. The normalized spacial score (nSPS) is 12.0. The molecule has 3 aromatic rings. The standard InChI is InChI=1S/C28H32FN3O4S/c1-4-30-28(34)26(18-22-10-6-5-7-11-22)31(19-23-16-14-21(2)15-17-23)27(33)20-32(37(3,35)36)25-13-9-8-12-24(25)29/h5-17,26H,4,18-20H2,1-3H3,(H,30,34). The van der Waals surface area contributed by atoms with Gasteiger partial charge in [-0.2, -0.15) is 0 Å². The predicted octanol–water partition coefficient (Wildman–Crippen LogP) is 3.68. The Kier molecular flexibility index (Phi) is 9.41. The summed E-state index contributed by atoms with van der Waals surface area (Å²) in [5, 5.41) is 2.80. The van der Waals surface area contributed by atoms with E-state index in [1.807, 2.05) is 61.5 Å². The summed E-state index contributed by atoms with van der Waals surface area (Å²) in [6, 6.07) is 21.3. The van der Waals surface area contributed by atoms with Crippen molar-refractivity contribution < 1.29 is 22.4 Å². The summed E-state index contributed by atoms with van der Waals surface area (Å²) in [6.45, 7) is 3.51. The van der Waals surface area contributed by atoms with Gasteiger partial charge in [0.15, 0.2) is 0 Å². The van der Waals surface area contributed by atoms with E-state index in [9.17, 15) is 22.4 Å². The third-order valence-corrected chi connectivity index (χ3v) is 7.02. The average molecular weight is 526 g/mol. The minimum absolute atomic E-state index is 0.0720. The van der Waals surface area contributed by atoms with Crippen molar-refractivity contribution in [3.8, 4) is 0 Å². The smallest absolute Gasteiger partial charge is 0.244 e. The molecule has 2 amide bonds. The summed E-state index contributed by atoms with van der Waals surface area (Å²) >= 11 is 0. The van der Waals surface area contributed by atoms with Crippen molar-refractivity contribution >= 4 is 27.5 Å². The SMILES string of the molecule is CCNC(=O)C(Cc1ccccc1)N(Cc1ccc(C)cc1)C(=O)CN(c1ccccc1F)S(C)(=O)=O. The van der Waals surface area contributed by atoms with Gasteiger partial charge in [0, 0.05) is 19.5 Å². The number of hydrogen-bond acceptors (Lipinski definition) is 4. The molecule has 9 heteroatoms. The van der Waals surface area contributed by atoms with Gasteiger partial charge in [-0.15, -0.1) is 0 Å². The molecule has 3 aromatic carbocycles. The Bertz CT molecular complexity index is 1310. The Hall–Kier alpha value is -3.72. The number of halogens is 1. The van der Waals surface area contributed by atoms with Crippen LogP contribution in [0.25, 0.3) is 0 Å². The molecule has 0 spiro atoms. The van der Waals surface area contributed by atoms with Crippen LogP contribution in [0.2, 0.25) is 0 Å². The summed E-state index contributed by atoms with van der Waals surface area (Å²) in [5.41, 5.74) is 2.42. The number of hydrogen-bond donors (Lipinski definition) is 1. The lowest BCUT2D eigenvalue weighted by atomic mass is 10.0. The van der Waals surface area contributed by atoms with Crippen molar-refractivity contribution in [2.75, 3.05) is 23.7 Å². The molecule has 1 unspecified atom stereocenters. The van der Waals surface area contributed by atoms with Gasteiger partial charge < -0.3 is 10.2 Å². The highest BCUT2D eigenvalue weighted by Crippen LogP contribution is 2.23. The molecule has 7 nitrogen and oxygen atoms in total. The Balaban J connectivity index is 2.04. The highest BCUT2D eigenvalue weighted by Gasteiger charge is 2.33. The fourth-order valence-corrected chi connectivity index (χ4v) is 4.84. The zero-order valence-corrected chi connectivity index (χ0v) is 22.0. The zero-order valence-electron chi connectivity index (χ0n) is 21.2. The molecule has 0 aromatic heterocycles. The van der Waals surface area contributed by atoms with Gasteiger partial charge >= 0.3 is 0 Å². The van der Waals surface area contributed by atoms with Crippen LogP contribution in [0.3, 0.4) is 0 Å². The minimum atomic E-state index is -4.02. The monoisotopic (exact) mass is 525 g/mol. The first-order valence-corrected chi connectivity index (χ1v) is 13.8. The second-order valence-corrected chi connectivity index (χ2v) is 10.7. The second kappa shape index (κ2) is 12.5. The fraction of sp³-hybridized carbons (Fsp3) is 0.286. The van der Waals surface area contributed by atoms with E-state index < -0.39 is 34.3 Å². The Morgan fingerprint density at radius 1 is 0.919 bits per heavy atom. The van der Waals surface area contributed by atoms with Crippen molar-refractivity contribution in [2.24, 2.45) is 0 Å². The van der Waals surface area contributed by atoms with Crippen LogP contribution in [0.5, 0.6) is 0 Å². The van der Waals surface area contributed by atoms with Gasteiger partial charge in [-0.25, -0.2) is 12.8 Å². The molecular formula is C28H32FN3O4S. The summed E-state index contributed by atoms with van der Waals surface area (Å²) in [4.78, 5) is 28.4.